The number of aromatic nitrogens is 2. The van der Waals surface area contributed by atoms with E-state index >= 15 is 0 Å². The largest absolute Gasteiger partial charge is 0.308 e. The first-order valence-electron chi connectivity index (χ1n) is 5.74. The first kappa shape index (κ1) is 12.5. The van der Waals surface area contributed by atoms with E-state index in [4.69, 9.17) is 11.6 Å². The minimum Gasteiger partial charge on any atom is -0.308 e. The van der Waals surface area contributed by atoms with Gasteiger partial charge in [0.15, 0.2) is 0 Å². The lowest BCUT2D eigenvalue weighted by molar-refractivity contribution is 0.679. The molecule has 3 nitrogen and oxygen atoms in total. The highest BCUT2D eigenvalue weighted by atomic mass is 79.9. The lowest BCUT2D eigenvalue weighted by Crippen LogP contribution is -2.14. The third kappa shape index (κ3) is 2.74. The summed E-state index contributed by atoms with van der Waals surface area (Å²) in [6.07, 6.45) is 2.56. The number of nitrogens with one attached hydrogen (secondary N) is 1. The minimum atomic E-state index is 0.687. The van der Waals surface area contributed by atoms with Crippen molar-refractivity contribution in [1.82, 2.24) is 15.5 Å². The Kier molecular flexibility index (Phi) is 3.66. The summed E-state index contributed by atoms with van der Waals surface area (Å²) in [4.78, 5) is 0. The monoisotopic (exact) mass is 343 g/mol. The van der Waals surface area contributed by atoms with Crippen LogP contribution in [-0.4, -0.2) is 16.2 Å². The maximum atomic E-state index is 6.25. The zero-order valence-electron chi connectivity index (χ0n) is 9.49. The zero-order valence-corrected chi connectivity index (χ0v) is 12.6. The molecule has 1 aromatic carbocycles. The summed E-state index contributed by atoms with van der Waals surface area (Å²) >= 11 is 11.3. The smallest absolute Gasteiger partial charge is 0.149 e. The average molecular weight is 345 g/mol. The highest BCUT2D eigenvalue weighted by Gasteiger charge is 2.21. The van der Waals surface area contributed by atoms with Gasteiger partial charge in [-0.05, 0) is 34.8 Å². The number of hydrogen-bond donors (Lipinski definition) is 1. The predicted molar refractivity (Wildman–Crippen MR) is 77.9 cm³/mol. The zero-order chi connectivity index (χ0) is 12.5. The van der Waals surface area contributed by atoms with E-state index in [-0.39, 0.29) is 0 Å². The van der Waals surface area contributed by atoms with E-state index < -0.39 is 0 Å². The maximum absolute atomic E-state index is 6.25. The van der Waals surface area contributed by atoms with Crippen molar-refractivity contribution in [2.24, 2.45) is 0 Å². The van der Waals surface area contributed by atoms with Gasteiger partial charge in [-0.2, -0.15) is 0 Å². The second-order valence-corrected chi connectivity index (χ2v) is 6.55. The molecule has 3 rings (SSSR count). The van der Waals surface area contributed by atoms with Gasteiger partial charge < -0.3 is 5.32 Å². The molecule has 6 heteroatoms. The van der Waals surface area contributed by atoms with E-state index in [0.29, 0.717) is 11.1 Å². The fourth-order valence-corrected chi connectivity index (χ4v) is 3.08. The lowest BCUT2D eigenvalue weighted by Gasteiger charge is -2.01. The minimum absolute atomic E-state index is 0.687. The van der Waals surface area contributed by atoms with Gasteiger partial charge in [-0.15, -0.1) is 10.2 Å². The van der Waals surface area contributed by atoms with Gasteiger partial charge in [0, 0.05) is 22.6 Å². The van der Waals surface area contributed by atoms with Gasteiger partial charge in [-0.1, -0.05) is 35.1 Å². The van der Waals surface area contributed by atoms with Crippen molar-refractivity contribution < 1.29 is 0 Å². The molecule has 0 radical (unpaired) electrons. The Balaban J connectivity index is 1.80. The first-order valence-corrected chi connectivity index (χ1v) is 7.73. The van der Waals surface area contributed by atoms with Crippen molar-refractivity contribution in [3.8, 4) is 10.6 Å². The van der Waals surface area contributed by atoms with Crippen LogP contribution in [0.3, 0.4) is 0 Å². The Labute approximate surface area is 123 Å². The number of benzene rings is 1. The van der Waals surface area contributed by atoms with Crippen LogP contribution in [0.25, 0.3) is 10.6 Å². The summed E-state index contributed by atoms with van der Waals surface area (Å²) in [6.45, 7) is 0.800. The quantitative estimate of drug-likeness (QED) is 0.915. The van der Waals surface area contributed by atoms with Crippen molar-refractivity contribution in [2.75, 3.05) is 0 Å². The van der Waals surface area contributed by atoms with Crippen LogP contribution in [0.5, 0.6) is 0 Å². The van der Waals surface area contributed by atoms with Gasteiger partial charge >= 0.3 is 0 Å². The van der Waals surface area contributed by atoms with Crippen LogP contribution in [-0.2, 0) is 6.54 Å². The Morgan fingerprint density at radius 2 is 2.22 bits per heavy atom. The van der Waals surface area contributed by atoms with Crippen LogP contribution in [0.15, 0.2) is 22.7 Å². The molecule has 94 valence electrons. The highest BCUT2D eigenvalue weighted by molar-refractivity contribution is 9.10. The molecule has 1 aromatic heterocycles. The van der Waals surface area contributed by atoms with Crippen molar-refractivity contribution in [1.29, 1.82) is 0 Å². The molecule has 0 aliphatic heterocycles. The van der Waals surface area contributed by atoms with Crippen molar-refractivity contribution in [2.45, 2.75) is 25.4 Å². The molecule has 0 spiro atoms. The van der Waals surface area contributed by atoms with E-state index in [2.05, 4.69) is 31.4 Å². The second kappa shape index (κ2) is 5.25. The summed E-state index contributed by atoms with van der Waals surface area (Å²) in [5.74, 6) is 0. The number of nitrogens with zero attached hydrogens (tertiary/aromatic N) is 2. The van der Waals surface area contributed by atoms with Gasteiger partial charge in [-0.25, -0.2) is 0 Å². The molecule has 0 bridgehead atoms. The van der Waals surface area contributed by atoms with Crippen LogP contribution in [0.4, 0.5) is 0 Å². The summed E-state index contributed by atoms with van der Waals surface area (Å²) < 4.78 is 0.884. The molecule has 0 atom stereocenters. The molecule has 0 unspecified atom stereocenters. The molecule has 0 saturated heterocycles. The predicted octanol–water partition coefficient (Wildman–Crippen LogP) is 3.87. The number of halogens is 2. The van der Waals surface area contributed by atoms with E-state index in [9.17, 15) is 0 Å². The average Bonchev–Trinajstić information content (AvgIpc) is 3.08. The normalized spacial score (nSPS) is 15.0. The molecule has 1 fully saturated rings. The van der Waals surface area contributed by atoms with Crippen molar-refractivity contribution in [3.63, 3.8) is 0 Å². The van der Waals surface area contributed by atoms with E-state index in [1.54, 1.807) is 11.3 Å². The van der Waals surface area contributed by atoms with Crippen LogP contribution < -0.4 is 5.32 Å². The summed E-state index contributed by atoms with van der Waals surface area (Å²) in [6, 6.07) is 6.52. The van der Waals surface area contributed by atoms with Crippen LogP contribution in [0.1, 0.15) is 17.8 Å². The maximum Gasteiger partial charge on any atom is 0.149 e. The first-order chi connectivity index (χ1) is 8.74. The van der Waals surface area contributed by atoms with Crippen molar-refractivity contribution >= 4 is 38.9 Å². The summed E-state index contributed by atoms with van der Waals surface area (Å²) in [5, 5.41) is 14.4. The molecule has 1 saturated carbocycles. The topological polar surface area (TPSA) is 37.8 Å². The third-order valence-corrected chi connectivity index (χ3v) is 5.02. The summed E-state index contributed by atoms with van der Waals surface area (Å²) in [7, 11) is 0. The Morgan fingerprint density at radius 3 is 3.00 bits per heavy atom. The molecule has 1 aliphatic rings. The molecular formula is C12H11BrClN3S. The van der Waals surface area contributed by atoms with Crippen LogP contribution in [0.2, 0.25) is 5.02 Å². The molecule has 1 heterocycles. The number of hydrogen-bond acceptors (Lipinski definition) is 4. The number of rotatable bonds is 4. The SMILES string of the molecule is Clc1c(Br)cccc1-c1nnc(CNC2CC2)s1. The molecule has 0 amide bonds. The fourth-order valence-electron chi connectivity index (χ4n) is 1.62. The van der Waals surface area contributed by atoms with Gasteiger partial charge in [0.25, 0.3) is 0 Å². The highest BCUT2D eigenvalue weighted by Crippen LogP contribution is 2.35. The Hall–Kier alpha value is -0.490. The summed E-state index contributed by atoms with van der Waals surface area (Å²) in [5.41, 5.74) is 0.932. The van der Waals surface area contributed by atoms with Crippen LogP contribution in [0, 0.1) is 0 Å². The fraction of sp³-hybridized carbons (Fsp3) is 0.333. The lowest BCUT2D eigenvalue weighted by atomic mass is 10.2. The van der Waals surface area contributed by atoms with Gasteiger partial charge in [0.05, 0.1) is 5.02 Å². The van der Waals surface area contributed by atoms with E-state index in [1.165, 1.54) is 12.8 Å². The molecule has 1 N–H and O–H groups in total. The molecular weight excluding hydrogens is 334 g/mol. The molecule has 18 heavy (non-hydrogen) atoms. The van der Waals surface area contributed by atoms with Gasteiger partial charge in [0.1, 0.15) is 10.0 Å². The third-order valence-electron chi connectivity index (χ3n) is 2.77. The van der Waals surface area contributed by atoms with Gasteiger partial charge in [0.2, 0.25) is 0 Å². The molecule has 1 aliphatic carbocycles. The molecule has 2 aromatic rings. The second-order valence-electron chi connectivity index (χ2n) is 4.26. The Bertz CT molecular complexity index is 568. The standard InChI is InChI=1S/C12H11BrClN3S/c13-9-3-1-2-8(11(9)14)12-17-16-10(18-12)6-15-7-4-5-7/h1-3,7,15H,4-6H2. The van der Waals surface area contributed by atoms with Crippen molar-refractivity contribution in [3.05, 3.63) is 32.7 Å². The van der Waals surface area contributed by atoms with E-state index in [0.717, 1.165) is 26.6 Å². The van der Waals surface area contributed by atoms with Gasteiger partial charge in [-0.3, -0.25) is 0 Å². The Morgan fingerprint density at radius 1 is 1.39 bits per heavy atom. The van der Waals surface area contributed by atoms with E-state index in [1.807, 2.05) is 18.2 Å². The van der Waals surface area contributed by atoms with Crippen LogP contribution >= 0.6 is 38.9 Å².